The maximum atomic E-state index is 11.3. The van der Waals surface area contributed by atoms with Gasteiger partial charge < -0.3 is 5.73 Å². The van der Waals surface area contributed by atoms with Crippen molar-refractivity contribution in [3.05, 3.63) is 44.9 Å². The first kappa shape index (κ1) is 10.9. The van der Waals surface area contributed by atoms with Gasteiger partial charge in [0, 0.05) is 11.8 Å². The summed E-state index contributed by atoms with van der Waals surface area (Å²) in [7, 11) is 0. The molecule has 0 unspecified atom stereocenters. The zero-order chi connectivity index (χ0) is 12.3. The third-order valence-corrected chi connectivity index (χ3v) is 1.99. The normalized spacial score (nSPS) is 9.71. The van der Waals surface area contributed by atoms with E-state index in [1.165, 1.54) is 12.3 Å². The van der Waals surface area contributed by atoms with Crippen molar-refractivity contribution in [1.82, 2.24) is 19.7 Å². The van der Waals surface area contributed by atoms with Crippen molar-refractivity contribution >= 4 is 0 Å². The number of nitrogens with one attached hydrogen (secondary N) is 2. The lowest BCUT2D eigenvalue weighted by Gasteiger charge is -1.97. The number of hydrogen-bond acceptors (Lipinski definition) is 4. The molecule has 0 saturated carbocycles. The van der Waals surface area contributed by atoms with E-state index in [1.807, 2.05) is 0 Å². The van der Waals surface area contributed by atoms with Crippen LogP contribution in [0.2, 0.25) is 0 Å². The molecule has 7 heteroatoms. The minimum Gasteiger partial charge on any atom is -0.320 e. The van der Waals surface area contributed by atoms with Crippen molar-refractivity contribution in [2.75, 3.05) is 6.54 Å². The SMILES string of the molecule is NCC#Cc1ccnc(-n2c(=O)[nH][nH]c2=O)c1. The van der Waals surface area contributed by atoms with E-state index in [0.717, 1.165) is 4.57 Å². The summed E-state index contributed by atoms with van der Waals surface area (Å²) in [6.45, 7) is 0.238. The third-order valence-electron chi connectivity index (χ3n) is 1.99. The number of hydrogen-bond donors (Lipinski definition) is 3. The Balaban J connectivity index is 2.54. The first-order valence-electron chi connectivity index (χ1n) is 4.77. The summed E-state index contributed by atoms with van der Waals surface area (Å²) in [6, 6.07) is 3.20. The molecule has 0 aliphatic rings. The van der Waals surface area contributed by atoms with Crippen LogP contribution >= 0.6 is 0 Å². The summed E-state index contributed by atoms with van der Waals surface area (Å²) >= 11 is 0. The maximum Gasteiger partial charge on any atom is 0.350 e. The van der Waals surface area contributed by atoms with Crippen LogP contribution in [-0.2, 0) is 0 Å². The minimum atomic E-state index is -0.577. The number of pyridine rings is 1. The van der Waals surface area contributed by atoms with Gasteiger partial charge in [-0.15, -0.1) is 0 Å². The van der Waals surface area contributed by atoms with Crippen LogP contribution in [0.3, 0.4) is 0 Å². The second kappa shape index (κ2) is 4.51. The molecule has 4 N–H and O–H groups in total. The van der Waals surface area contributed by atoms with Crippen molar-refractivity contribution in [3.8, 4) is 17.7 Å². The molecule has 2 aromatic heterocycles. The Labute approximate surface area is 95.3 Å². The van der Waals surface area contributed by atoms with Gasteiger partial charge in [-0.3, -0.25) is 0 Å². The average Bonchev–Trinajstić information content (AvgIpc) is 2.67. The predicted molar refractivity (Wildman–Crippen MR) is 60.7 cm³/mol. The van der Waals surface area contributed by atoms with E-state index in [2.05, 4.69) is 27.0 Å². The largest absolute Gasteiger partial charge is 0.350 e. The molecule has 2 aromatic rings. The van der Waals surface area contributed by atoms with Crippen LogP contribution < -0.4 is 17.1 Å². The molecule has 0 atom stereocenters. The topological polar surface area (TPSA) is 110 Å². The molecule has 0 aliphatic heterocycles. The monoisotopic (exact) mass is 231 g/mol. The fourth-order valence-corrected chi connectivity index (χ4v) is 1.29. The molecule has 0 amide bonds. The van der Waals surface area contributed by atoms with Crippen molar-refractivity contribution in [3.63, 3.8) is 0 Å². The molecule has 0 saturated heterocycles. The van der Waals surface area contributed by atoms with Gasteiger partial charge in [0.15, 0.2) is 0 Å². The standard InChI is InChI=1S/C10H9N5O2/c11-4-1-2-7-3-5-12-8(6-7)15-9(16)13-14-10(15)17/h3,5-6H,4,11H2,(H,13,16)(H,14,17). The van der Waals surface area contributed by atoms with Gasteiger partial charge in [0.05, 0.1) is 6.54 Å². The van der Waals surface area contributed by atoms with Crippen LogP contribution in [0, 0.1) is 11.8 Å². The molecule has 2 rings (SSSR count). The van der Waals surface area contributed by atoms with Crippen LogP contribution in [0.15, 0.2) is 27.9 Å². The Morgan fingerprint density at radius 3 is 2.71 bits per heavy atom. The molecular formula is C10H9N5O2. The Morgan fingerprint density at radius 1 is 1.35 bits per heavy atom. The zero-order valence-electron chi connectivity index (χ0n) is 8.73. The molecule has 0 bridgehead atoms. The van der Waals surface area contributed by atoms with Gasteiger partial charge in [-0.25, -0.2) is 24.8 Å². The summed E-state index contributed by atoms with van der Waals surface area (Å²) in [4.78, 5) is 26.6. The third kappa shape index (κ3) is 2.16. The highest BCUT2D eigenvalue weighted by Crippen LogP contribution is 2.01. The lowest BCUT2D eigenvalue weighted by molar-refractivity contribution is 0.907. The molecule has 2 heterocycles. The Hall–Kier alpha value is -2.59. The second-order valence-corrected chi connectivity index (χ2v) is 3.10. The highest BCUT2D eigenvalue weighted by molar-refractivity contribution is 5.38. The van der Waals surface area contributed by atoms with Gasteiger partial charge in [-0.05, 0) is 12.1 Å². The number of rotatable bonds is 1. The van der Waals surface area contributed by atoms with E-state index in [-0.39, 0.29) is 12.4 Å². The number of nitrogens with two attached hydrogens (primary N) is 1. The van der Waals surface area contributed by atoms with Crippen molar-refractivity contribution in [2.45, 2.75) is 0 Å². The highest BCUT2D eigenvalue weighted by atomic mass is 16.2. The fourth-order valence-electron chi connectivity index (χ4n) is 1.29. The average molecular weight is 231 g/mol. The molecule has 0 radical (unpaired) electrons. The van der Waals surface area contributed by atoms with E-state index >= 15 is 0 Å². The van der Waals surface area contributed by atoms with Crippen LogP contribution in [0.5, 0.6) is 0 Å². The van der Waals surface area contributed by atoms with Crippen LogP contribution in [0.25, 0.3) is 5.82 Å². The summed E-state index contributed by atoms with van der Waals surface area (Å²) in [6.07, 6.45) is 1.47. The molecule has 0 spiro atoms. The first-order valence-corrected chi connectivity index (χ1v) is 4.77. The molecule has 0 fully saturated rings. The summed E-state index contributed by atoms with van der Waals surface area (Å²) < 4.78 is 0.883. The van der Waals surface area contributed by atoms with Crippen LogP contribution in [0.1, 0.15) is 5.56 Å². The molecular weight excluding hydrogens is 222 g/mol. The second-order valence-electron chi connectivity index (χ2n) is 3.10. The van der Waals surface area contributed by atoms with Crippen molar-refractivity contribution in [1.29, 1.82) is 0 Å². The fraction of sp³-hybridized carbons (Fsp3) is 0.100. The van der Waals surface area contributed by atoms with Gasteiger partial charge in [0.25, 0.3) is 0 Å². The molecule has 86 valence electrons. The smallest absolute Gasteiger partial charge is 0.320 e. The number of H-pyrrole nitrogens is 2. The van der Waals surface area contributed by atoms with Crippen LogP contribution in [0.4, 0.5) is 0 Å². The molecule has 0 aliphatic carbocycles. The summed E-state index contributed by atoms with van der Waals surface area (Å²) in [5, 5.41) is 4.34. The zero-order valence-corrected chi connectivity index (χ0v) is 8.73. The van der Waals surface area contributed by atoms with E-state index in [4.69, 9.17) is 5.73 Å². The molecule has 7 nitrogen and oxygen atoms in total. The number of nitrogens with zero attached hydrogens (tertiary/aromatic N) is 2. The lowest BCUT2D eigenvalue weighted by Crippen LogP contribution is -2.25. The first-order chi connectivity index (χ1) is 8.22. The van der Waals surface area contributed by atoms with Gasteiger partial charge in [0.2, 0.25) is 0 Å². The van der Waals surface area contributed by atoms with Gasteiger partial charge >= 0.3 is 11.4 Å². The maximum absolute atomic E-state index is 11.3. The van der Waals surface area contributed by atoms with E-state index < -0.39 is 11.4 Å². The van der Waals surface area contributed by atoms with Gasteiger partial charge in [-0.1, -0.05) is 11.8 Å². The molecule has 0 aromatic carbocycles. The number of aromatic amines is 2. The van der Waals surface area contributed by atoms with Crippen molar-refractivity contribution < 1.29 is 0 Å². The minimum absolute atomic E-state index is 0.210. The van der Waals surface area contributed by atoms with E-state index in [0.29, 0.717) is 5.56 Å². The predicted octanol–water partition coefficient (Wildman–Crippen LogP) is -1.44. The van der Waals surface area contributed by atoms with Gasteiger partial charge in [-0.2, -0.15) is 4.57 Å². The highest BCUT2D eigenvalue weighted by Gasteiger charge is 2.06. The Bertz CT molecular complexity index is 670. The van der Waals surface area contributed by atoms with E-state index in [1.54, 1.807) is 6.07 Å². The number of aromatic nitrogens is 4. The summed E-state index contributed by atoms with van der Waals surface area (Å²) in [5.74, 6) is 5.68. The van der Waals surface area contributed by atoms with Gasteiger partial charge in [0.1, 0.15) is 5.82 Å². The quantitative estimate of drug-likeness (QED) is 0.522. The van der Waals surface area contributed by atoms with Crippen molar-refractivity contribution in [2.24, 2.45) is 5.73 Å². The lowest BCUT2D eigenvalue weighted by atomic mass is 10.2. The Kier molecular flexibility index (Phi) is 2.89. The summed E-state index contributed by atoms with van der Waals surface area (Å²) in [5.41, 5.74) is 4.73. The van der Waals surface area contributed by atoms with Crippen LogP contribution in [-0.4, -0.2) is 26.3 Å². The Morgan fingerprint density at radius 2 is 2.06 bits per heavy atom. The van der Waals surface area contributed by atoms with E-state index in [9.17, 15) is 9.59 Å². The molecule has 17 heavy (non-hydrogen) atoms.